The van der Waals surface area contributed by atoms with Crippen LogP contribution in [0.15, 0.2) is 48.6 Å². The first-order chi connectivity index (χ1) is 38.2. The molecule has 0 fully saturated rings. The molecule has 0 spiro atoms. The van der Waals surface area contributed by atoms with Crippen molar-refractivity contribution in [3.05, 3.63) is 48.6 Å². The molecule has 454 valence electrons. The van der Waals surface area contributed by atoms with Crippen molar-refractivity contribution < 1.29 is 15.0 Å². The lowest BCUT2D eigenvalue weighted by Gasteiger charge is -2.22. The first-order valence-electron chi connectivity index (χ1n) is 35.3. The van der Waals surface area contributed by atoms with Crippen molar-refractivity contribution in [2.75, 3.05) is 6.61 Å². The van der Waals surface area contributed by atoms with Gasteiger partial charge in [0.05, 0.1) is 18.8 Å². The number of aliphatic hydroxyl groups excluding tert-OH is 2. The van der Waals surface area contributed by atoms with Crippen LogP contribution >= 0.6 is 0 Å². The second-order valence-electron chi connectivity index (χ2n) is 24.3. The minimum Gasteiger partial charge on any atom is -0.394 e. The van der Waals surface area contributed by atoms with Gasteiger partial charge in [-0.1, -0.05) is 383 Å². The molecule has 3 N–H and O–H groups in total. The molecular weight excluding hydrogens is 939 g/mol. The molecule has 0 rings (SSSR count). The molecule has 2 atom stereocenters. The largest absolute Gasteiger partial charge is 0.394 e. The number of rotatable bonds is 66. The number of carbonyl (C=O) groups is 1. The number of nitrogens with one attached hydrogen (secondary N) is 1. The number of carbonyl (C=O) groups excluding carboxylic acids is 1. The van der Waals surface area contributed by atoms with E-state index in [9.17, 15) is 15.0 Å². The Hall–Kier alpha value is -1.65. The predicted molar refractivity (Wildman–Crippen MR) is 345 cm³/mol. The summed E-state index contributed by atoms with van der Waals surface area (Å²) in [5, 5.41) is 23.5. The van der Waals surface area contributed by atoms with E-state index in [0.29, 0.717) is 12.8 Å². The lowest BCUT2D eigenvalue weighted by molar-refractivity contribution is -0.123. The highest BCUT2D eigenvalue weighted by Crippen LogP contribution is 2.19. The molecule has 0 aliphatic heterocycles. The maximum atomic E-state index is 12.6. The van der Waals surface area contributed by atoms with Gasteiger partial charge in [-0.2, -0.15) is 0 Å². The van der Waals surface area contributed by atoms with E-state index in [4.69, 9.17) is 0 Å². The third-order valence-electron chi connectivity index (χ3n) is 16.6. The average molecular weight is 1080 g/mol. The molecular formula is C73H139NO3. The zero-order valence-corrected chi connectivity index (χ0v) is 52.5. The van der Waals surface area contributed by atoms with Gasteiger partial charge in [-0.05, 0) is 51.4 Å². The Morgan fingerprint density at radius 1 is 0.325 bits per heavy atom. The van der Waals surface area contributed by atoms with Crippen LogP contribution in [0.5, 0.6) is 0 Å². The third kappa shape index (κ3) is 65.0. The first-order valence-corrected chi connectivity index (χ1v) is 35.3. The van der Waals surface area contributed by atoms with Crippen molar-refractivity contribution in [2.24, 2.45) is 0 Å². The number of hydrogen-bond acceptors (Lipinski definition) is 3. The Morgan fingerprint density at radius 3 is 0.857 bits per heavy atom. The van der Waals surface area contributed by atoms with Crippen molar-refractivity contribution in [1.29, 1.82) is 0 Å². The average Bonchev–Trinajstić information content (AvgIpc) is 3.43. The number of aliphatic hydroxyl groups is 2. The monoisotopic (exact) mass is 1080 g/mol. The van der Waals surface area contributed by atoms with Gasteiger partial charge in [-0.25, -0.2) is 0 Å². The first kappa shape index (κ1) is 75.3. The lowest BCUT2D eigenvalue weighted by Crippen LogP contribution is -2.45. The van der Waals surface area contributed by atoms with E-state index in [2.05, 4.69) is 67.8 Å². The number of unbranched alkanes of at least 4 members (excludes halogenated alkanes) is 51. The molecule has 0 aromatic heterocycles. The van der Waals surface area contributed by atoms with Crippen molar-refractivity contribution >= 4 is 5.91 Å². The fourth-order valence-corrected chi connectivity index (χ4v) is 11.3. The summed E-state index contributed by atoms with van der Waals surface area (Å²) >= 11 is 0. The Balaban J connectivity index is 3.38. The van der Waals surface area contributed by atoms with Gasteiger partial charge in [0.2, 0.25) is 5.91 Å². The number of hydrogen-bond donors (Lipinski definition) is 3. The minimum absolute atomic E-state index is 0.0225. The van der Waals surface area contributed by atoms with Crippen LogP contribution in [0.3, 0.4) is 0 Å². The van der Waals surface area contributed by atoms with Gasteiger partial charge in [0, 0.05) is 6.42 Å². The Kier molecular flexibility index (Phi) is 67.2. The molecule has 0 radical (unpaired) electrons. The molecule has 0 saturated carbocycles. The maximum Gasteiger partial charge on any atom is 0.220 e. The van der Waals surface area contributed by atoms with Gasteiger partial charge in [-0.15, -0.1) is 0 Å². The predicted octanol–water partition coefficient (Wildman–Crippen LogP) is 24.1. The van der Waals surface area contributed by atoms with E-state index < -0.39 is 12.1 Å². The van der Waals surface area contributed by atoms with Crippen LogP contribution in [0.4, 0.5) is 0 Å². The summed E-state index contributed by atoms with van der Waals surface area (Å²) in [6, 6.07) is -0.536. The summed E-state index contributed by atoms with van der Waals surface area (Å²) in [5.41, 5.74) is 0. The molecule has 0 saturated heterocycles. The zero-order chi connectivity index (χ0) is 55.5. The fraction of sp³-hybridized carbons (Fsp3) is 0.877. The summed E-state index contributed by atoms with van der Waals surface area (Å²) in [4.78, 5) is 12.6. The van der Waals surface area contributed by atoms with E-state index in [1.165, 1.54) is 315 Å². The topological polar surface area (TPSA) is 69.6 Å². The third-order valence-corrected chi connectivity index (χ3v) is 16.6. The lowest BCUT2D eigenvalue weighted by atomic mass is 10.0. The van der Waals surface area contributed by atoms with Crippen LogP contribution in [0.1, 0.15) is 393 Å². The van der Waals surface area contributed by atoms with Gasteiger partial charge in [0.1, 0.15) is 0 Å². The maximum absolute atomic E-state index is 12.6. The summed E-state index contributed by atoms with van der Waals surface area (Å²) in [7, 11) is 0. The summed E-state index contributed by atoms with van der Waals surface area (Å²) in [5.74, 6) is -0.0225. The fourth-order valence-electron chi connectivity index (χ4n) is 11.3. The quantitative estimate of drug-likeness (QED) is 0.0420. The van der Waals surface area contributed by atoms with Gasteiger partial charge >= 0.3 is 0 Å². The van der Waals surface area contributed by atoms with Gasteiger partial charge in [0.25, 0.3) is 0 Å². The Labute approximate surface area is 484 Å². The highest BCUT2D eigenvalue weighted by molar-refractivity contribution is 5.76. The van der Waals surface area contributed by atoms with Crippen molar-refractivity contribution in [1.82, 2.24) is 5.32 Å². The SMILES string of the molecule is CC/C=C\C/C=C\C/C=C\C/C=C\CCCCCCCCCCCCCCCCCCCCCCCCCCC(=O)NC(CO)C(O)CCCCCCCCCCCCCCCCCCCCCCCCCCCCCC. The minimum atomic E-state index is -0.660. The smallest absolute Gasteiger partial charge is 0.220 e. The molecule has 1 amide bonds. The van der Waals surface area contributed by atoms with Crippen molar-refractivity contribution in [3.8, 4) is 0 Å². The van der Waals surface area contributed by atoms with E-state index in [-0.39, 0.29) is 12.5 Å². The van der Waals surface area contributed by atoms with Crippen LogP contribution in [-0.4, -0.2) is 34.9 Å². The van der Waals surface area contributed by atoms with E-state index in [1.54, 1.807) is 0 Å². The normalized spacial score (nSPS) is 12.9. The number of amides is 1. The van der Waals surface area contributed by atoms with E-state index >= 15 is 0 Å². The molecule has 2 unspecified atom stereocenters. The Bertz CT molecular complexity index is 1220. The molecule has 0 bridgehead atoms. The molecule has 0 heterocycles. The summed E-state index contributed by atoms with van der Waals surface area (Å²) < 4.78 is 0. The zero-order valence-electron chi connectivity index (χ0n) is 52.5. The molecule has 4 heteroatoms. The highest BCUT2D eigenvalue weighted by Gasteiger charge is 2.20. The number of allylic oxidation sites excluding steroid dienone is 8. The second-order valence-corrected chi connectivity index (χ2v) is 24.3. The van der Waals surface area contributed by atoms with Gasteiger partial charge in [-0.3, -0.25) is 4.79 Å². The molecule has 77 heavy (non-hydrogen) atoms. The van der Waals surface area contributed by atoms with Gasteiger partial charge in [0.15, 0.2) is 0 Å². The van der Waals surface area contributed by atoms with Crippen LogP contribution in [0, 0.1) is 0 Å². The highest BCUT2D eigenvalue weighted by atomic mass is 16.3. The van der Waals surface area contributed by atoms with Gasteiger partial charge < -0.3 is 15.5 Å². The van der Waals surface area contributed by atoms with Crippen LogP contribution in [-0.2, 0) is 4.79 Å². The molecule has 0 aliphatic carbocycles. The standard InChI is InChI=1S/C73H139NO3/c1-3-5-7-9-11-13-15-17-19-21-23-25-27-29-31-33-34-35-36-37-38-39-40-41-43-45-47-49-51-53-55-57-59-61-63-65-67-69-73(77)74-71(70-75)72(76)68-66-64-62-60-58-56-54-52-50-48-46-44-42-32-30-28-26-24-22-20-18-16-14-12-10-8-6-4-2/h5,7,11,13,17,19,23,25,71-72,75-76H,3-4,6,8-10,12,14-16,18,20-22,24,26-70H2,1-2H3,(H,74,77)/b7-5-,13-11-,19-17-,25-23-. The second kappa shape index (κ2) is 68.6. The molecule has 0 aliphatic rings. The van der Waals surface area contributed by atoms with Crippen LogP contribution in [0.2, 0.25) is 0 Å². The molecule has 0 aromatic rings. The molecule has 0 aromatic carbocycles. The van der Waals surface area contributed by atoms with Crippen molar-refractivity contribution in [2.45, 2.75) is 405 Å². The van der Waals surface area contributed by atoms with Crippen molar-refractivity contribution in [3.63, 3.8) is 0 Å². The van der Waals surface area contributed by atoms with Crippen LogP contribution in [0.25, 0.3) is 0 Å². The summed E-state index contributed by atoms with van der Waals surface area (Å²) in [6.07, 6.45) is 96.1. The molecule has 4 nitrogen and oxygen atoms in total. The van der Waals surface area contributed by atoms with E-state index in [1.807, 2.05) is 0 Å². The summed E-state index contributed by atoms with van der Waals surface area (Å²) in [6.45, 7) is 4.29. The Morgan fingerprint density at radius 2 is 0.571 bits per heavy atom. The van der Waals surface area contributed by atoms with E-state index in [0.717, 1.165) is 51.4 Å². The van der Waals surface area contributed by atoms with Crippen LogP contribution < -0.4 is 5.32 Å².